The summed E-state index contributed by atoms with van der Waals surface area (Å²) >= 11 is 0. The number of aliphatic hydroxyl groups is 2. The van der Waals surface area contributed by atoms with Crippen molar-refractivity contribution in [1.82, 2.24) is 0 Å². The number of carboxylic acids is 1. The zero-order chi connectivity index (χ0) is 17.5. The van der Waals surface area contributed by atoms with Gasteiger partial charge in [-0.1, -0.05) is 30.3 Å². The summed E-state index contributed by atoms with van der Waals surface area (Å²) in [5.41, 5.74) is -1.06. The standard InChI is InChI=1S/C18H14O6/c19-8-18(9-20,17(23)24)10-5-6-13-14(7-10)16(22)12-4-2-1-3-11(12)15(13)21/h1-7,19-20H,8-9H2,(H,23,24). The number of carbonyl (C=O) groups is 3. The van der Waals surface area contributed by atoms with E-state index in [1.165, 1.54) is 24.3 Å². The maximum atomic E-state index is 12.7. The molecule has 0 radical (unpaired) electrons. The van der Waals surface area contributed by atoms with Crippen LogP contribution in [0.25, 0.3) is 0 Å². The lowest BCUT2D eigenvalue weighted by Gasteiger charge is -2.27. The SMILES string of the molecule is O=C1c2ccccc2C(=O)c2cc(C(CO)(CO)C(=O)O)ccc21. The number of hydrogen-bond acceptors (Lipinski definition) is 5. The van der Waals surface area contributed by atoms with Gasteiger partial charge in [-0.05, 0) is 17.7 Å². The van der Waals surface area contributed by atoms with E-state index >= 15 is 0 Å². The van der Waals surface area contributed by atoms with Crippen LogP contribution in [0.3, 0.4) is 0 Å². The molecule has 2 aromatic rings. The number of carboxylic acid groups (broad SMARTS) is 1. The van der Waals surface area contributed by atoms with Gasteiger partial charge in [-0.3, -0.25) is 14.4 Å². The minimum Gasteiger partial charge on any atom is -0.480 e. The molecular weight excluding hydrogens is 312 g/mol. The van der Waals surface area contributed by atoms with Crippen LogP contribution in [0.2, 0.25) is 0 Å². The second-order valence-electron chi connectivity index (χ2n) is 5.67. The van der Waals surface area contributed by atoms with Gasteiger partial charge >= 0.3 is 5.97 Å². The van der Waals surface area contributed by atoms with Crippen molar-refractivity contribution in [3.63, 3.8) is 0 Å². The molecule has 0 amide bonds. The van der Waals surface area contributed by atoms with Crippen LogP contribution in [0, 0.1) is 0 Å². The highest BCUT2D eigenvalue weighted by molar-refractivity contribution is 6.28. The van der Waals surface area contributed by atoms with E-state index in [1.54, 1.807) is 18.2 Å². The molecule has 6 heteroatoms. The van der Waals surface area contributed by atoms with Crippen LogP contribution in [0.15, 0.2) is 42.5 Å². The number of hydrogen-bond donors (Lipinski definition) is 3. The van der Waals surface area contributed by atoms with E-state index in [4.69, 9.17) is 0 Å². The van der Waals surface area contributed by atoms with E-state index < -0.39 is 30.4 Å². The average Bonchev–Trinajstić information content (AvgIpc) is 2.61. The number of fused-ring (bicyclic) bond motifs is 2. The monoisotopic (exact) mass is 326 g/mol. The van der Waals surface area contributed by atoms with Crippen LogP contribution in [-0.2, 0) is 10.2 Å². The molecule has 0 saturated carbocycles. The topological polar surface area (TPSA) is 112 Å². The molecule has 24 heavy (non-hydrogen) atoms. The molecule has 0 aliphatic heterocycles. The van der Waals surface area contributed by atoms with Crippen LogP contribution < -0.4 is 0 Å². The van der Waals surface area contributed by atoms with Crippen LogP contribution >= 0.6 is 0 Å². The van der Waals surface area contributed by atoms with Gasteiger partial charge in [0.25, 0.3) is 0 Å². The summed E-state index contributed by atoms with van der Waals surface area (Å²) in [4.78, 5) is 36.7. The normalized spacial score (nSPS) is 13.4. The highest BCUT2D eigenvalue weighted by Gasteiger charge is 2.41. The van der Waals surface area contributed by atoms with Gasteiger partial charge in [0, 0.05) is 22.3 Å². The summed E-state index contributed by atoms with van der Waals surface area (Å²) in [5, 5.41) is 28.4. The van der Waals surface area contributed by atoms with Gasteiger partial charge in [-0.15, -0.1) is 0 Å². The maximum absolute atomic E-state index is 12.7. The summed E-state index contributed by atoms with van der Waals surface area (Å²) in [6.07, 6.45) is 0. The molecule has 3 rings (SSSR count). The van der Waals surface area contributed by atoms with Crippen molar-refractivity contribution in [1.29, 1.82) is 0 Å². The first kappa shape index (κ1) is 16.0. The lowest BCUT2D eigenvalue weighted by Crippen LogP contribution is -2.43. The second-order valence-corrected chi connectivity index (χ2v) is 5.67. The fourth-order valence-corrected chi connectivity index (χ4v) is 2.89. The summed E-state index contributed by atoms with van der Waals surface area (Å²) in [6.45, 7) is -1.67. The highest BCUT2D eigenvalue weighted by Crippen LogP contribution is 2.32. The molecule has 0 aromatic heterocycles. The number of benzene rings is 2. The van der Waals surface area contributed by atoms with Gasteiger partial charge in [0.2, 0.25) is 0 Å². The molecule has 0 spiro atoms. The molecule has 1 aliphatic carbocycles. The lowest BCUT2D eigenvalue weighted by atomic mass is 9.77. The van der Waals surface area contributed by atoms with E-state index in [-0.39, 0.29) is 28.0 Å². The first-order valence-electron chi connectivity index (χ1n) is 7.24. The third kappa shape index (κ3) is 2.08. The van der Waals surface area contributed by atoms with Crippen molar-refractivity contribution >= 4 is 17.5 Å². The zero-order valence-electron chi connectivity index (χ0n) is 12.5. The lowest BCUT2D eigenvalue weighted by molar-refractivity contribution is -0.147. The Hall–Kier alpha value is -2.83. The first-order chi connectivity index (χ1) is 11.5. The van der Waals surface area contributed by atoms with E-state index in [9.17, 15) is 29.7 Å². The molecule has 0 fully saturated rings. The molecule has 6 nitrogen and oxygen atoms in total. The third-order valence-corrected chi connectivity index (χ3v) is 4.43. The minimum absolute atomic E-state index is 0.0688. The Morgan fingerprint density at radius 1 is 0.833 bits per heavy atom. The van der Waals surface area contributed by atoms with E-state index in [0.717, 1.165) is 0 Å². The number of ketones is 2. The first-order valence-corrected chi connectivity index (χ1v) is 7.24. The molecule has 122 valence electrons. The molecule has 2 aromatic carbocycles. The Morgan fingerprint density at radius 3 is 1.83 bits per heavy atom. The maximum Gasteiger partial charge on any atom is 0.318 e. The Kier molecular flexibility index (Phi) is 3.79. The van der Waals surface area contributed by atoms with Crippen LogP contribution in [-0.4, -0.2) is 46.1 Å². The number of carbonyl (C=O) groups excluding carboxylic acids is 2. The summed E-state index contributed by atoms with van der Waals surface area (Å²) < 4.78 is 0. The van der Waals surface area contributed by atoms with Gasteiger partial charge in [0.15, 0.2) is 11.6 Å². The smallest absolute Gasteiger partial charge is 0.318 e. The van der Waals surface area contributed by atoms with Gasteiger partial charge < -0.3 is 15.3 Å². The quantitative estimate of drug-likeness (QED) is 0.653. The van der Waals surface area contributed by atoms with E-state index in [0.29, 0.717) is 5.56 Å². The van der Waals surface area contributed by atoms with Crippen LogP contribution in [0.4, 0.5) is 0 Å². The molecule has 3 N–H and O–H groups in total. The Balaban J connectivity index is 2.21. The zero-order valence-corrected chi connectivity index (χ0v) is 12.5. The predicted octanol–water partition coefficient (Wildman–Crippen LogP) is 0.769. The third-order valence-electron chi connectivity index (χ3n) is 4.43. The Morgan fingerprint density at radius 2 is 1.33 bits per heavy atom. The van der Waals surface area contributed by atoms with Crippen molar-refractivity contribution in [2.45, 2.75) is 5.41 Å². The summed E-state index contributed by atoms with van der Waals surface area (Å²) in [6, 6.07) is 10.4. The van der Waals surface area contributed by atoms with Gasteiger partial charge in [-0.2, -0.15) is 0 Å². The van der Waals surface area contributed by atoms with Crippen molar-refractivity contribution in [2.24, 2.45) is 0 Å². The van der Waals surface area contributed by atoms with Crippen molar-refractivity contribution in [2.75, 3.05) is 13.2 Å². The number of rotatable bonds is 4. The summed E-state index contributed by atoms with van der Waals surface area (Å²) in [5.74, 6) is -2.12. The average molecular weight is 326 g/mol. The summed E-state index contributed by atoms with van der Waals surface area (Å²) in [7, 11) is 0. The largest absolute Gasteiger partial charge is 0.480 e. The molecule has 1 aliphatic rings. The Labute approximate surface area is 137 Å². The fraction of sp³-hybridized carbons (Fsp3) is 0.167. The van der Waals surface area contributed by atoms with E-state index in [1.807, 2.05) is 0 Å². The molecule has 0 heterocycles. The van der Waals surface area contributed by atoms with E-state index in [2.05, 4.69) is 0 Å². The van der Waals surface area contributed by atoms with Gasteiger partial charge in [0.1, 0.15) is 5.41 Å². The molecule has 0 saturated heterocycles. The van der Waals surface area contributed by atoms with Crippen molar-refractivity contribution < 1.29 is 29.7 Å². The van der Waals surface area contributed by atoms with Crippen LogP contribution in [0.1, 0.15) is 37.4 Å². The minimum atomic E-state index is -1.94. The number of aliphatic carboxylic acids is 1. The molecular formula is C18H14O6. The van der Waals surface area contributed by atoms with Crippen LogP contribution in [0.5, 0.6) is 0 Å². The van der Waals surface area contributed by atoms with Gasteiger partial charge in [-0.25, -0.2) is 0 Å². The predicted molar refractivity (Wildman–Crippen MR) is 83.2 cm³/mol. The Bertz CT molecular complexity index is 864. The molecule has 0 bridgehead atoms. The van der Waals surface area contributed by atoms with Crippen molar-refractivity contribution in [3.8, 4) is 0 Å². The highest BCUT2D eigenvalue weighted by atomic mass is 16.4. The van der Waals surface area contributed by atoms with Gasteiger partial charge in [0.05, 0.1) is 13.2 Å². The molecule has 0 unspecified atom stereocenters. The number of aliphatic hydroxyl groups excluding tert-OH is 2. The molecule has 0 atom stereocenters. The van der Waals surface area contributed by atoms with Crippen molar-refractivity contribution in [3.05, 3.63) is 70.3 Å². The fourth-order valence-electron chi connectivity index (χ4n) is 2.89. The second kappa shape index (κ2) is 5.67.